The van der Waals surface area contributed by atoms with Gasteiger partial charge in [-0.25, -0.2) is 24.9 Å². The second kappa shape index (κ2) is 13.4. The van der Waals surface area contributed by atoms with Crippen LogP contribution in [0.2, 0.25) is 0 Å². The zero-order valence-corrected chi connectivity index (χ0v) is 31.4. The van der Waals surface area contributed by atoms with E-state index in [4.69, 9.17) is 24.9 Å². The van der Waals surface area contributed by atoms with E-state index < -0.39 is 0 Å². The molecule has 0 unspecified atom stereocenters. The van der Waals surface area contributed by atoms with Crippen LogP contribution in [-0.4, -0.2) is 24.9 Å². The van der Waals surface area contributed by atoms with Crippen LogP contribution in [0.5, 0.6) is 0 Å². The molecule has 0 fully saturated rings. The normalized spacial score (nSPS) is 11.6. The first-order valence-corrected chi connectivity index (χ1v) is 20.0. The van der Waals surface area contributed by atoms with E-state index in [0.29, 0.717) is 17.5 Å². The molecular formula is C49H29N5S2. The van der Waals surface area contributed by atoms with Crippen molar-refractivity contribution < 1.29 is 0 Å². The Hall–Kier alpha value is -6.93. The third-order valence-corrected chi connectivity index (χ3v) is 12.5. The van der Waals surface area contributed by atoms with E-state index in [1.165, 1.54) is 30.4 Å². The van der Waals surface area contributed by atoms with Crippen molar-refractivity contribution in [1.29, 1.82) is 0 Å². The van der Waals surface area contributed by atoms with Gasteiger partial charge in [-0.2, -0.15) is 0 Å². The Labute approximate surface area is 330 Å². The maximum Gasteiger partial charge on any atom is 0.164 e. The first-order valence-electron chi connectivity index (χ1n) is 18.4. The molecule has 0 saturated carbocycles. The van der Waals surface area contributed by atoms with Crippen LogP contribution in [-0.2, 0) is 0 Å². The summed E-state index contributed by atoms with van der Waals surface area (Å²) in [6.07, 6.45) is 0. The third kappa shape index (κ3) is 5.64. The summed E-state index contributed by atoms with van der Waals surface area (Å²) in [6.45, 7) is 0. The maximum absolute atomic E-state index is 5.24. The molecule has 0 aliphatic carbocycles. The van der Waals surface area contributed by atoms with Gasteiger partial charge in [-0.05, 0) is 41.5 Å². The Kier molecular flexibility index (Phi) is 7.79. The number of hydrogen-bond acceptors (Lipinski definition) is 7. The number of nitrogens with zero attached hydrogens (tertiary/aromatic N) is 5. The van der Waals surface area contributed by atoms with Crippen molar-refractivity contribution in [2.75, 3.05) is 0 Å². The topological polar surface area (TPSA) is 64.5 Å². The summed E-state index contributed by atoms with van der Waals surface area (Å²) < 4.78 is 4.75. The summed E-state index contributed by atoms with van der Waals surface area (Å²) in [7, 11) is 0. The molecule has 0 amide bonds. The predicted molar refractivity (Wildman–Crippen MR) is 234 cm³/mol. The lowest BCUT2D eigenvalue weighted by Gasteiger charge is -2.10. The fraction of sp³-hybridized carbons (Fsp3) is 0. The van der Waals surface area contributed by atoms with E-state index in [0.717, 1.165) is 60.5 Å². The van der Waals surface area contributed by atoms with Gasteiger partial charge < -0.3 is 0 Å². The van der Waals surface area contributed by atoms with Gasteiger partial charge in [0.15, 0.2) is 23.3 Å². The highest BCUT2D eigenvalue weighted by Crippen LogP contribution is 2.44. The molecular weight excluding hydrogens is 723 g/mol. The highest BCUT2D eigenvalue weighted by atomic mass is 32.1. The van der Waals surface area contributed by atoms with Gasteiger partial charge >= 0.3 is 0 Å². The minimum absolute atomic E-state index is 0.648. The fourth-order valence-corrected chi connectivity index (χ4v) is 9.81. The number of aromatic nitrogens is 5. The second-order valence-electron chi connectivity index (χ2n) is 13.7. The second-order valence-corrected chi connectivity index (χ2v) is 15.8. The van der Waals surface area contributed by atoms with Crippen LogP contribution in [0.25, 0.3) is 108 Å². The van der Waals surface area contributed by atoms with Gasteiger partial charge in [0.25, 0.3) is 0 Å². The standard InChI is InChI=1S/C49H29N5S2/c1-4-14-30(15-5-1)46-50-42(45-43(51-46)38-22-10-11-25-40(38)56-45)34-21-12-20-33(28-34)36-23-13-24-37-39-29-35(26-27-41(39)55-44(36)37)49-53-47(31-16-6-2-7-17-31)52-48(54-49)32-18-8-3-9-19-32/h1-29H. The van der Waals surface area contributed by atoms with E-state index in [1.807, 2.05) is 90.2 Å². The first-order chi connectivity index (χ1) is 27.7. The van der Waals surface area contributed by atoms with E-state index in [2.05, 4.69) is 97.1 Å². The number of fused-ring (bicyclic) bond motifs is 6. The molecule has 11 aromatic rings. The van der Waals surface area contributed by atoms with Crippen molar-refractivity contribution in [2.45, 2.75) is 0 Å². The molecule has 56 heavy (non-hydrogen) atoms. The largest absolute Gasteiger partial charge is 0.226 e. The fourth-order valence-electron chi connectivity index (χ4n) is 7.44. The first kappa shape index (κ1) is 32.5. The smallest absolute Gasteiger partial charge is 0.164 e. The van der Waals surface area contributed by atoms with Crippen LogP contribution in [0.15, 0.2) is 176 Å². The minimum Gasteiger partial charge on any atom is -0.226 e. The molecule has 0 saturated heterocycles. The number of hydrogen-bond donors (Lipinski definition) is 0. The molecule has 0 bridgehead atoms. The highest BCUT2D eigenvalue weighted by Gasteiger charge is 2.19. The Morgan fingerprint density at radius 2 is 0.821 bits per heavy atom. The van der Waals surface area contributed by atoms with Gasteiger partial charge in [-0.15, -0.1) is 22.7 Å². The summed E-state index contributed by atoms with van der Waals surface area (Å²) in [5.74, 6) is 2.68. The van der Waals surface area contributed by atoms with E-state index in [1.54, 1.807) is 11.3 Å². The lowest BCUT2D eigenvalue weighted by Crippen LogP contribution is -2.00. The number of benzene rings is 7. The van der Waals surface area contributed by atoms with Crippen molar-refractivity contribution in [3.05, 3.63) is 176 Å². The van der Waals surface area contributed by atoms with Crippen LogP contribution >= 0.6 is 22.7 Å². The molecule has 0 aliphatic heterocycles. The van der Waals surface area contributed by atoms with Gasteiger partial charge in [-0.1, -0.05) is 146 Å². The van der Waals surface area contributed by atoms with Crippen LogP contribution in [0.4, 0.5) is 0 Å². The third-order valence-electron chi connectivity index (χ3n) is 10.2. The summed E-state index contributed by atoms with van der Waals surface area (Å²) >= 11 is 3.57. The average Bonchev–Trinajstić information content (AvgIpc) is 3.85. The van der Waals surface area contributed by atoms with Crippen molar-refractivity contribution in [1.82, 2.24) is 24.9 Å². The van der Waals surface area contributed by atoms with E-state index in [-0.39, 0.29) is 0 Å². The molecule has 0 spiro atoms. The van der Waals surface area contributed by atoms with E-state index in [9.17, 15) is 0 Å². The molecule has 5 nitrogen and oxygen atoms in total. The van der Waals surface area contributed by atoms with Gasteiger partial charge in [0.05, 0.1) is 15.9 Å². The highest BCUT2D eigenvalue weighted by molar-refractivity contribution is 7.26. The monoisotopic (exact) mass is 751 g/mol. The van der Waals surface area contributed by atoms with Crippen molar-refractivity contribution in [2.24, 2.45) is 0 Å². The molecule has 262 valence electrons. The quantitative estimate of drug-likeness (QED) is 0.169. The SMILES string of the molecule is c1ccc(-c2nc(-c3ccccc3)nc(-c3ccc4sc5c(-c6cccc(-c7nc(-c8ccccc8)nc8c7sc7ccccc78)c6)cccc5c4c3)n2)cc1. The summed E-state index contributed by atoms with van der Waals surface area (Å²) in [5, 5.41) is 3.54. The Morgan fingerprint density at radius 1 is 0.304 bits per heavy atom. The Morgan fingerprint density at radius 3 is 1.52 bits per heavy atom. The predicted octanol–water partition coefficient (Wildman–Crippen LogP) is 13.4. The van der Waals surface area contributed by atoms with Crippen molar-refractivity contribution in [3.63, 3.8) is 0 Å². The molecule has 7 aromatic carbocycles. The van der Waals surface area contributed by atoms with Crippen LogP contribution < -0.4 is 0 Å². The van der Waals surface area contributed by atoms with E-state index >= 15 is 0 Å². The van der Waals surface area contributed by atoms with Crippen molar-refractivity contribution in [3.8, 4) is 67.9 Å². The maximum atomic E-state index is 5.24. The van der Waals surface area contributed by atoms with Gasteiger partial charge in [0.1, 0.15) is 0 Å². The summed E-state index contributed by atoms with van der Waals surface area (Å²) in [4.78, 5) is 25.3. The van der Waals surface area contributed by atoms with Crippen LogP contribution in [0.3, 0.4) is 0 Å². The lowest BCUT2D eigenvalue weighted by atomic mass is 9.99. The molecule has 0 aliphatic rings. The molecule has 0 radical (unpaired) electrons. The molecule has 0 atom stereocenters. The van der Waals surface area contributed by atoms with Gasteiger partial charge in [0, 0.05) is 58.1 Å². The summed E-state index contributed by atoms with van der Waals surface area (Å²) in [6, 6.07) is 61.0. The molecule has 0 N–H and O–H groups in total. The zero-order valence-electron chi connectivity index (χ0n) is 29.8. The Bertz CT molecular complexity index is 3190. The van der Waals surface area contributed by atoms with Crippen LogP contribution in [0, 0.1) is 0 Å². The van der Waals surface area contributed by atoms with Gasteiger partial charge in [-0.3, -0.25) is 0 Å². The molecule has 7 heteroatoms. The summed E-state index contributed by atoms with van der Waals surface area (Å²) in [5.41, 5.74) is 9.20. The van der Waals surface area contributed by atoms with Crippen molar-refractivity contribution >= 4 is 63.1 Å². The zero-order chi connectivity index (χ0) is 37.0. The molecule has 4 heterocycles. The minimum atomic E-state index is 0.648. The molecule has 11 rings (SSSR count). The number of thiophene rings is 2. The lowest BCUT2D eigenvalue weighted by molar-refractivity contribution is 1.07. The van der Waals surface area contributed by atoms with Crippen LogP contribution in [0.1, 0.15) is 0 Å². The number of rotatable bonds is 6. The Balaban J connectivity index is 1.04. The molecule has 4 aromatic heterocycles. The average molecular weight is 752 g/mol. The van der Waals surface area contributed by atoms with Gasteiger partial charge in [0.2, 0.25) is 0 Å².